The Morgan fingerprint density at radius 1 is 1.22 bits per heavy atom. The van der Waals surface area contributed by atoms with Gasteiger partial charge in [-0.15, -0.1) is 0 Å². The number of nitrogen functional groups attached to an aromatic ring is 1. The summed E-state index contributed by atoms with van der Waals surface area (Å²) >= 11 is 5.96. The Bertz CT molecular complexity index is 403. The molecule has 2 N–H and O–H groups in total. The molecule has 0 amide bonds. The summed E-state index contributed by atoms with van der Waals surface area (Å²) in [5.41, 5.74) is 8.29. The summed E-state index contributed by atoms with van der Waals surface area (Å²) in [5.74, 6) is 0. The van der Waals surface area contributed by atoms with Gasteiger partial charge in [-0.2, -0.15) is 0 Å². The van der Waals surface area contributed by atoms with Crippen molar-refractivity contribution < 1.29 is 0 Å². The van der Waals surface area contributed by atoms with Crippen molar-refractivity contribution in [1.82, 2.24) is 0 Å². The predicted octanol–water partition coefficient (Wildman–Crippen LogP) is 4.33. The van der Waals surface area contributed by atoms with Gasteiger partial charge in [0.25, 0.3) is 0 Å². The van der Waals surface area contributed by atoms with E-state index in [0.717, 1.165) is 13.1 Å². The van der Waals surface area contributed by atoms with Crippen molar-refractivity contribution >= 4 is 23.0 Å². The molecule has 2 rings (SSSR count). The van der Waals surface area contributed by atoms with Crippen molar-refractivity contribution in [3.8, 4) is 0 Å². The molecule has 1 aromatic rings. The smallest absolute Gasteiger partial charge is 0.0636 e. The molecule has 0 saturated carbocycles. The highest BCUT2D eigenvalue weighted by atomic mass is 35.5. The Hall–Kier alpha value is -0.890. The van der Waals surface area contributed by atoms with E-state index >= 15 is 0 Å². The Kier molecular flexibility index (Phi) is 4.06. The summed E-state index contributed by atoms with van der Waals surface area (Å²) in [6.07, 6.45) is 5.22. The zero-order valence-corrected chi connectivity index (χ0v) is 12.1. The van der Waals surface area contributed by atoms with Crippen LogP contribution >= 0.6 is 11.6 Å². The maximum atomic E-state index is 5.96. The van der Waals surface area contributed by atoms with Crippen molar-refractivity contribution in [3.05, 3.63) is 23.2 Å². The van der Waals surface area contributed by atoms with Gasteiger partial charge < -0.3 is 10.6 Å². The monoisotopic (exact) mass is 266 g/mol. The van der Waals surface area contributed by atoms with Crippen LogP contribution in [0.4, 0.5) is 11.4 Å². The summed E-state index contributed by atoms with van der Waals surface area (Å²) in [6.45, 7) is 6.88. The van der Waals surface area contributed by atoms with Gasteiger partial charge in [-0.05, 0) is 31.0 Å². The highest BCUT2D eigenvalue weighted by molar-refractivity contribution is 6.33. The molecule has 0 aliphatic carbocycles. The van der Waals surface area contributed by atoms with Crippen LogP contribution in [0.2, 0.25) is 5.02 Å². The quantitative estimate of drug-likeness (QED) is 0.804. The molecule has 1 aromatic carbocycles. The Morgan fingerprint density at radius 2 is 1.83 bits per heavy atom. The second kappa shape index (κ2) is 5.40. The summed E-state index contributed by atoms with van der Waals surface area (Å²) in [4.78, 5) is 2.41. The fourth-order valence-electron chi connectivity index (χ4n) is 3.18. The number of nitrogens with zero attached hydrogens (tertiary/aromatic N) is 1. The molecule has 3 heteroatoms. The van der Waals surface area contributed by atoms with Gasteiger partial charge in [0.15, 0.2) is 0 Å². The molecule has 2 nitrogen and oxygen atoms in total. The van der Waals surface area contributed by atoms with Gasteiger partial charge in [0.05, 0.1) is 10.7 Å². The van der Waals surface area contributed by atoms with Crippen LogP contribution in [0.25, 0.3) is 0 Å². The zero-order valence-electron chi connectivity index (χ0n) is 11.4. The van der Waals surface area contributed by atoms with Crippen LogP contribution in [0, 0.1) is 5.41 Å². The number of halogens is 1. The normalized spacial score (nSPS) is 17.6. The fourth-order valence-corrected chi connectivity index (χ4v) is 3.29. The van der Waals surface area contributed by atoms with E-state index in [1.54, 1.807) is 0 Å². The molecule has 100 valence electrons. The van der Waals surface area contributed by atoms with Crippen LogP contribution in [0.15, 0.2) is 18.2 Å². The van der Waals surface area contributed by atoms with Crippen molar-refractivity contribution in [1.29, 1.82) is 0 Å². The molecule has 0 unspecified atom stereocenters. The van der Waals surface area contributed by atoms with Crippen LogP contribution in [-0.2, 0) is 0 Å². The number of anilines is 2. The first-order valence-electron chi connectivity index (χ1n) is 6.90. The van der Waals surface area contributed by atoms with Gasteiger partial charge in [-0.25, -0.2) is 0 Å². The molecular weight excluding hydrogens is 244 g/mol. The van der Waals surface area contributed by atoms with E-state index in [1.165, 1.54) is 31.4 Å². The molecule has 1 aliphatic heterocycles. The van der Waals surface area contributed by atoms with Crippen molar-refractivity contribution in [2.75, 3.05) is 23.7 Å². The zero-order chi connectivity index (χ0) is 13.2. The van der Waals surface area contributed by atoms with Gasteiger partial charge in [0, 0.05) is 24.2 Å². The first-order valence-corrected chi connectivity index (χ1v) is 7.28. The molecule has 0 spiro atoms. The van der Waals surface area contributed by atoms with E-state index in [4.69, 9.17) is 17.3 Å². The molecular formula is C15H23ClN2. The van der Waals surface area contributed by atoms with Crippen molar-refractivity contribution in [3.63, 3.8) is 0 Å². The molecule has 1 heterocycles. The largest absolute Gasteiger partial charge is 0.397 e. The first kappa shape index (κ1) is 13.5. The average Bonchev–Trinajstić information content (AvgIpc) is 2.29. The first-order chi connectivity index (χ1) is 8.60. The third-order valence-electron chi connectivity index (χ3n) is 3.96. The number of rotatable bonds is 5. The average molecular weight is 267 g/mol. The maximum Gasteiger partial charge on any atom is 0.0636 e. The van der Waals surface area contributed by atoms with E-state index in [0.29, 0.717) is 16.1 Å². The van der Waals surface area contributed by atoms with Gasteiger partial charge >= 0.3 is 0 Å². The van der Waals surface area contributed by atoms with Crippen LogP contribution < -0.4 is 10.6 Å². The number of nitrogens with two attached hydrogens (primary N) is 1. The van der Waals surface area contributed by atoms with E-state index in [-0.39, 0.29) is 0 Å². The Morgan fingerprint density at radius 3 is 2.33 bits per heavy atom. The summed E-state index contributed by atoms with van der Waals surface area (Å²) in [7, 11) is 0. The molecule has 1 saturated heterocycles. The van der Waals surface area contributed by atoms with Gasteiger partial charge in [-0.1, -0.05) is 38.3 Å². The molecule has 1 fully saturated rings. The third-order valence-corrected chi connectivity index (χ3v) is 4.30. The van der Waals surface area contributed by atoms with Gasteiger partial charge in [-0.3, -0.25) is 0 Å². The van der Waals surface area contributed by atoms with E-state index in [9.17, 15) is 0 Å². The lowest BCUT2D eigenvalue weighted by Gasteiger charge is -2.52. The minimum absolute atomic E-state index is 0.540. The maximum absolute atomic E-state index is 5.96. The lowest BCUT2D eigenvalue weighted by atomic mass is 9.72. The molecule has 0 bridgehead atoms. The topological polar surface area (TPSA) is 29.3 Å². The van der Waals surface area contributed by atoms with E-state index in [2.05, 4.69) is 24.8 Å². The SMILES string of the molecule is CCCC1(CCC)CN(c2ccc(Cl)c(N)c2)C1. The minimum Gasteiger partial charge on any atom is -0.397 e. The second-order valence-corrected chi connectivity index (χ2v) is 5.97. The summed E-state index contributed by atoms with van der Waals surface area (Å²) in [6, 6.07) is 5.95. The van der Waals surface area contributed by atoms with E-state index in [1.807, 2.05) is 12.1 Å². The Labute approximate surface area is 115 Å². The van der Waals surface area contributed by atoms with Crippen molar-refractivity contribution in [2.45, 2.75) is 39.5 Å². The lowest BCUT2D eigenvalue weighted by Crippen LogP contribution is -2.56. The molecule has 0 radical (unpaired) electrons. The van der Waals surface area contributed by atoms with Crippen LogP contribution in [0.3, 0.4) is 0 Å². The Balaban J connectivity index is 2.04. The highest BCUT2D eigenvalue weighted by Gasteiger charge is 2.41. The highest BCUT2D eigenvalue weighted by Crippen LogP contribution is 2.42. The predicted molar refractivity (Wildman–Crippen MR) is 80.3 cm³/mol. The number of hydrogen-bond donors (Lipinski definition) is 1. The fraction of sp³-hybridized carbons (Fsp3) is 0.600. The van der Waals surface area contributed by atoms with Crippen LogP contribution in [-0.4, -0.2) is 13.1 Å². The van der Waals surface area contributed by atoms with Crippen LogP contribution in [0.5, 0.6) is 0 Å². The van der Waals surface area contributed by atoms with Gasteiger partial charge in [0.2, 0.25) is 0 Å². The second-order valence-electron chi connectivity index (χ2n) is 5.56. The summed E-state index contributed by atoms with van der Waals surface area (Å²) in [5, 5.41) is 0.646. The summed E-state index contributed by atoms with van der Waals surface area (Å²) < 4.78 is 0. The lowest BCUT2D eigenvalue weighted by molar-refractivity contribution is 0.173. The third kappa shape index (κ3) is 2.59. The molecule has 18 heavy (non-hydrogen) atoms. The van der Waals surface area contributed by atoms with E-state index < -0.39 is 0 Å². The molecule has 0 atom stereocenters. The molecule has 0 aromatic heterocycles. The standard InChI is InChI=1S/C15H23ClN2/c1-3-7-15(8-4-2)10-18(11-15)12-5-6-13(16)14(17)9-12/h5-6,9H,3-4,7-8,10-11,17H2,1-2H3. The van der Waals surface area contributed by atoms with Crippen molar-refractivity contribution in [2.24, 2.45) is 5.41 Å². The number of hydrogen-bond acceptors (Lipinski definition) is 2. The minimum atomic E-state index is 0.540. The molecule has 1 aliphatic rings. The van der Waals surface area contributed by atoms with Crippen LogP contribution in [0.1, 0.15) is 39.5 Å². The van der Waals surface area contributed by atoms with Gasteiger partial charge in [0.1, 0.15) is 0 Å². The number of benzene rings is 1.